The second-order valence-electron chi connectivity index (χ2n) is 8.63. The Kier molecular flexibility index (Phi) is 4.68. The summed E-state index contributed by atoms with van der Waals surface area (Å²) >= 11 is 0. The Morgan fingerprint density at radius 2 is 2.10 bits per heavy atom. The van der Waals surface area contributed by atoms with Crippen molar-refractivity contribution >= 4 is 5.97 Å². The van der Waals surface area contributed by atoms with E-state index in [1.807, 2.05) is 12.1 Å². The summed E-state index contributed by atoms with van der Waals surface area (Å²) in [6, 6.07) is 3.36. The van der Waals surface area contributed by atoms with E-state index in [1.54, 1.807) is 14.0 Å². The van der Waals surface area contributed by atoms with Crippen LogP contribution in [0.3, 0.4) is 0 Å². The lowest BCUT2D eigenvalue weighted by Crippen LogP contribution is -2.48. The van der Waals surface area contributed by atoms with Gasteiger partial charge >= 0.3 is 5.97 Å². The molecule has 1 saturated heterocycles. The van der Waals surface area contributed by atoms with Gasteiger partial charge in [-0.15, -0.1) is 0 Å². The van der Waals surface area contributed by atoms with Gasteiger partial charge in [0.2, 0.25) is 6.79 Å². The van der Waals surface area contributed by atoms with Gasteiger partial charge in [-0.2, -0.15) is 0 Å². The van der Waals surface area contributed by atoms with Gasteiger partial charge in [0.25, 0.3) is 0 Å². The second kappa shape index (κ2) is 7.14. The Morgan fingerprint density at radius 3 is 2.83 bits per heavy atom. The summed E-state index contributed by atoms with van der Waals surface area (Å²) < 4.78 is 22.8. The summed E-state index contributed by atoms with van der Waals surface area (Å²) in [5.41, 5.74) is 7.67. The van der Waals surface area contributed by atoms with E-state index in [1.165, 1.54) is 0 Å². The van der Waals surface area contributed by atoms with Crippen LogP contribution in [0.5, 0.6) is 11.5 Å². The van der Waals surface area contributed by atoms with Crippen LogP contribution in [0.15, 0.2) is 24.0 Å². The molecular formula is C22H28N2O6. The summed E-state index contributed by atoms with van der Waals surface area (Å²) in [7, 11) is 1.59. The van der Waals surface area contributed by atoms with Crippen LogP contribution in [0.4, 0.5) is 0 Å². The van der Waals surface area contributed by atoms with Gasteiger partial charge in [0.05, 0.1) is 18.6 Å². The number of nitrogens with two attached hydrogens (primary N) is 1. The summed E-state index contributed by atoms with van der Waals surface area (Å²) in [4.78, 5) is 15.1. The summed E-state index contributed by atoms with van der Waals surface area (Å²) in [6.45, 7) is 3.67. The second-order valence-corrected chi connectivity index (χ2v) is 8.63. The Morgan fingerprint density at radius 1 is 1.33 bits per heavy atom. The monoisotopic (exact) mass is 416 g/mol. The molecule has 4 aliphatic rings. The molecule has 3 aliphatic heterocycles. The van der Waals surface area contributed by atoms with E-state index in [2.05, 4.69) is 11.0 Å². The number of aliphatic hydroxyl groups excluding tert-OH is 1. The number of hydrogen-bond donors (Lipinski definition) is 2. The molecule has 0 radical (unpaired) electrons. The zero-order valence-electron chi connectivity index (χ0n) is 17.3. The quantitative estimate of drug-likeness (QED) is 0.702. The molecule has 3 N–H and O–H groups in total. The molecule has 1 spiro atoms. The maximum atomic E-state index is 12.7. The van der Waals surface area contributed by atoms with Gasteiger partial charge in [-0.05, 0) is 62.1 Å². The van der Waals surface area contributed by atoms with Crippen LogP contribution < -0.4 is 15.2 Å². The maximum absolute atomic E-state index is 12.7. The van der Waals surface area contributed by atoms with Crippen molar-refractivity contribution in [3.63, 3.8) is 0 Å². The Labute approximate surface area is 175 Å². The highest BCUT2D eigenvalue weighted by Gasteiger charge is 2.58. The van der Waals surface area contributed by atoms with Crippen molar-refractivity contribution in [2.45, 2.75) is 55.9 Å². The molecule has 3 unspecified atom stereocenters. The van der Waals surface area contributed by atoms with E-state index >= 15 is 0 Å². The molecule has 1 aromatic rings. The maximum Gasteiger partial charge on any atom is 0.337 e. The number of hydrogen-bond acceptors (Lipinski definition) is 8. The number of nitrogens with zero attached hydrogens (tertiary/aromatic N) is 1. The molecule has 0 aromatic heterocycles. The fourth-order valence-electron chi connectivity index (χ4n) is 5.50. The van der Waals surface area contributed by atoms with Gasteiger partial charge in [0.1, 0.15) is 5.76 Å². The highest BCUT2D eigenvalue weighted by molar-refractivity contribution is 5.76. The summed E-state index contributed by atoms with van der Waals surface area (Å²) in [6.07, 6.45) is 2.98. The topological polar surface area (TPSA) is 103 Å². The first kappa shape index (κ1) is 19.7. The van der Waals surface area contributed by atoms with Crippen LogP contribution in [0.2, 0.25) is 0 Å². The number of esters is 1. The van der Waals surface area contributed by atoms with Crippen LogP contribution in [0.1, 0.15) is 36.8 Å². The fraction of sp³-hybridized carbons (Fsp3) is 0.591. The highest BCUT2D eigenvalue weighted by Crippen LogP contribution is 2.55. The standard InChI is InChI=1S/C22H28N2O6/c1-12(23)19(25)21(26)30-20-17(27-2)10-22-5-3-6-24(22)7-4-13-8-15-16(29-11-28-15)9-14(13)18(20)22/h8-10,12,18-20,25H,3-7,11,23H2,1-2H3/t12?,18-,19?,20?,22+/m1/s1. The van der Waals surface area contributed by atoms with Gasteiger partial charge < -0.3 is 29.8 Å². The predicted molar refractivity (Wildman–Crippen MR) is 107 cm³/mol. The number of aliphatic hydroxyl groups is 1. The van der Waals surface area contributed by atoms with Crippen molar-refractivity contribution in [3.8, 4) is 11.5 Å². The first-order valence-corrected chi connectivity index (χ1v) is 10.5. The van der Waals surface area contributed by atoms with Crippen molar-refractivity contribution in [2.24, 2.45) is 5.73 Å². The van der Waals surface area contributed by atoms with Gasteiger partial charge in [-0.3, -0.25) is 4.90 Å². The lowest BCUT2D eigenvalue weighted by molar-refractivity contribution is -0.161. The minimum atomic E-state index is -1.39. The van der Waals surface area contributed by atoms with Crippen LogP contribution in [-0.4, -0.2) is 66.8 Å². The molecule has 162 valence electrons. The molecule has 3 heterocycles. The molecule has 1 aliphatic carbocycles. The molecule has 1 fully saturated rings. The van der Waals surface area contributed by atoms with E-state index in [0.717, 1.165) is 49.2 Å². The summed E-state index contributed by atoms with van der Waals surface area (Å²) in [5, 5.41) is 10.2. The van der Waals surface area contributed by atoms with E-state index in [0.29, 0.717) is 11.5 Å². The van der Waals surface area contributed by atoms with Crippen LogP contribution in [-0.2, 0) is 20.7 Å². The van der Waals surface area contributed by atoms with Crippen LogP contribution in [0, 0.1) is 0 Å². The number of carbonyl (C=O) groups excluding carboxylic acids is 1. The molecule has 30 heavy (non-hydrogen) atoms. The first-order valence-electron chi connectivity index (χ1n) is 10.5. The third-order valence-electron chi connectivity index (χ3n) is 6.95. The van der Waals surface area contributed by atoms with E-state index in [9.17, 15) is 9.90 Å². The number of carbonyl (C=O) groups is 1. The Hall–Kier alpha value is -2.29. The molecule has 8 nitrogen and oxygen atoms in total. The van der Waals surface area contributed by atoms with Crippen molar-refractivity contribution in [3.05, 3.63) is 35.1 Å². The van der Waals surface area contributed by atoms with E-state index in [-0.39, 0.29) is 18.2 Å². The minimum absolute atomic E-state index is 0.161. The first-order chi connectivity index (χ1) is 14.4. The van der Waals surface area contributed by atoms with Crippen molar-refractivity contribution in [1.82, 2.24) is 4.90 Å². The molecule has 8 heteroatoms. The lowest BCUT2D eigenvalue weighted by Gasteiger charge is -2.39. The fourth-order valence-corrected chi connectivity index (χ4v) is 5.50. The van der Waals surface area contributed by atoms with Gasteiger partial charge in [-0.25, -0.2) is 4.79 Å². The van der Waals surface area contributed by atoms with Crippen molar-refractivity contribution < 1.29 is 28.8 Å². The molecule has 5 rings (SSSR count). The van der Waals surface area contributed by atoms with Gasteiger partial charge in [0.15, 0.2) is 23.7 Å². The van der Waals surface area contributed by atoms with Crippen molar-refractivity contribution in [2.75, 3.05) is 27.0 Å². The Balaban J connectivity index is 1.61. The van der Waals surface area contributed by atoms with E-state index in [4.69, 9.17) is 24.7 Å². The van der Waals surface area contributed by atoms with Crippen LogP contribution in [0.25, 0.3) is 0 Å². The third kappa shape index (κ3) is 2.81. The third-order valence-corrected chi connectivity index (χ3v) is 6.95. The number of benzene rings is 1. The number of ether oxygens (including phenoxy) is 4. The predicted octanol–water partition coefficient (Wildman–Crippen LogP) is 1.05. The molecular weight excluding hydrogens is 388 g/mol. The minimum Gasteiger partial charge on any atom is -0.497 e. The molecule has 5 atom stereocenters. The highest BCUT2D eigenvalue weighted by atomic mass is 16.7. The number of fused-ring (bicyclic) bond motifs is 3. The number of rotatable bonds is 4. The molecule has 0 saturated carbocycles. The zero-order valence-corrected chi connectivity index (χ0v) is 17.3. The average Bonchev–Trinajstić information content (AvgIpc) is 3.41. The van der Waals surface area contributed by atoms with Gasteiger partial charge in [-0.1, -0.05) is 0 Å². The number of methoxy groups -OCH3 is 1. The molecule has 0 amide bonds. The van der Waals surface area contributed by atoms with Crippen molar-refractivity contribution in [1.29, 1.82) is 0 Å². The van der Waals surface area contributed by atoms with Crippen LogP contribution >= 0.6 is 0 Å². The summed E-state index contributed by atoms with van der Waals surface area (Å²) in [5.74, 6) is 1.19. The molecule has 0 bridgehead atoms. The molecule has 1 aromatic carbocycles. The normalized spacial score (nSPS) is 31.1. The zero-order chi connectivity index (χ0) is 21.0. The SMILES string of the molecule is COC1=C[C@]23CCCN2CCc2cc4c(cc2[C@@H]3C1OC(=O)C(O)C(C)N)OCO4. The Bertz CT molecular complexity index is 900. The average molecular weight is 416 g/mol. The largest absolute Gasteiger partial charge is 0.497 e. The van der Waals surface area contributed by atoms with Gasteiger partial charge in [0, 0.05) is 12.6 Å². The van der Waals surface area contributed by atoms with E-state index < -0.39 is 24.2 Å². The lowest BCUT2D eigenvalue weighted by atomic mass is 9.77. The smallest absolute Gasteiger partial charge is 0.337 e.